The van der Waals surface area contributed by atoms with E-state index in [4.69, 9.17) is 4.74 Å². The van der Waals surface area contributed by atoms with E-state index in [0.717, 1.165) is 37.9 Å². The minimum absolute atomic E-state index is 0.175. The molecule has 160 valence electrons. The molecule has 1 heterocycles. The third-order valence-corrected chi connectivity index (χ3v) is 8.40. The van der Waals surface area contributed by atoms with Crippen molar-refractivity contribution in [2.24, 2.45) is 23.2 Å². The van der Waals surface area contributed by atoms with Gasteiger partial charge in [0.1, 0.15) is 0 Å². The number of likely N-dealkylation sites (tertiary alicyclic amines) is 1. The molecule has 1 aromatic rings. The molecule has 3 aliphatic rings. The second kappa shape index (κ2) is 7.58. The predicted octanol–water partition coefficient (Wildman–Crippen LogP) is 3.80. The van der Waals surface area contributed by atoms with Gasteiger partial charge in [-0.25, -0.2) is 13.2 Å². The molecule has 0 aromatic heterocycles. The second-order valence-corrected chi connectivity index (χ2v) is 11.5. The number of nitrogens with zero attached hydrogens (tertiary/aromatic N) is 1. The predicted molar refractivity (Wildman–Crippen MR) is 109 cm³/mol. The summed E-state index contributed by atoms with van der Waals surface area (Å²) in [6, 6.07) is 7.05. The molecule has 6 nitrogen and oxygen atoms in total. The van der Waals surface area contributed by atoms with E-state index in [1.54, 1.807) is 17.0 Å². The van der Waals surface area contributed by atoms with Gasteiger partial charge in [-0.05, 0) is 73.0 Å². The Bertz CT molecular complexity index is 862. The molecule has 2 aliphatic carbocycles. The van der Waals surface area contributed by atoms with Gasteiger partial charge in [0.05, 0.1) is 18.1 Å². The van der Waals surface area contributed by atoms with E-state index in [-0.39, 0.29) is 11.5 Å². The minimum atomic E-state index is -3.16. The highest BCUT2D eigenvalue weighted by Gasteiger charge is 2.53. The van der Waals surface area contributed by atoms with E-state index in [2.05, 4.69) is 6.92 Å². The fourth-order valence-corrected chi connectivity index (χ4v) is 5.63. The van der Waals surface area contributed by atoms with Gasteiger partial charge in [-0.2, -0.15) is 0 Å². The van der Waals surface area contributed by atoms with E-state index in [9.17, 15) is 18.3 Å². The highest BCUT2D eigenvalue weighted by molar-refractivity contribution is 7.90. The van der Waals surface area contributed by atoms with Crippen LogP contribution in [0.4, 0.5) is 4.79 Å². The van der Waals surface area contributed by atoms with Crippen molar-refractivity contribution in [1.29, 1.82) is 0 Å². The molecule has 0 bridgehead atoms. The maximum Gasteiger partial charge on any atom is 0.407 e. The van der Waals surface area contributed by atoms with Crippen LogP contribution in [0.25, 0.3) is 0 Å². The minimum Gasteiger partial charge on any atom is -0.465 e. The number of sulfone groups is 1. The zero-order valence-electron chi connectivity index (χ0n) is 17.2. The summed E-state index contributed by atoms with van der Waals surface area (Å²) in [5.74, 6) is 1.83. The van der Waals surface area contributed by atoms with Gasteiger partial charge in [-0.1, -0.05) is 19.1 Å². The highest BCUT2D eigenvalue weighted by Crippen LogP contribution is 2.56. The average Bonchev–Trinajstić information content (AvgIpc) is 3.59. The molecule has 2 saturated carbocycles. The molecule has 1 amide bonds. The van der Waals surface area contributed by atoms with Crippen LogP contribution in [-0.4, -0.2) is 50.0 Å². The Morgan fingerprint density at radius 3 is 2.52 bits per heavy atom. The van der Waals surface area contributed by atoms with Crippen LogP contribution in [-0.2, 0) is 21.2 Å². The SMILES string of the molecule is CC1(C2CC([C@H]3C[C@H]3COCc3ccc(S(C)(=O)=O)cc3)CCN2C(=O)O)CC1. The number of carboxylic acid groups (broad SMARTS) is 1. The van der Waals surface area contributed by atoms with Crippen molar-refractivity contribution in [3.05, 3.63) is 29.8 Å². The van der Waals surface area contributed by atoms with Crippen LogP contribution in [0.15, 0.2) is 29.2 Å². The lowest BCUT2D eigenvalue weighted by Crippen LogP contribution is -2.49. The van der Waals surface area contributed by atoms with Gasteiger partial charge in [0, 0.05) is 18.8 Å². The van der Waals surface area contributed by atoms with E-state index in [0.29, 0.717) is 35.8 Å². The monoisotopic (exact) mass is 421 g/mol. The van der Waals surface area contributed by atoms with Crippen molar-refractivity contribution in [1.82, 2.24) is 4.90 Å². The summed E-state index contributed by atoms with van der Waals surface area (Å²) in [4.78, 5) is 13.6. The van der Waals surface area contributed by atoms with Crippen LogP contribution in [0.2, 0.25) is 0 Å². The molecule has 7 heteroatoms. The zero-order chi connectivity index (χ0) is 20.8. The van der Waals surface area contributed by atoms with Gasteiger partial charge in [-0.15, -0.1) is 0 Å². The van der Waals surface area contributed by atoms with Crippen LogP contribution in [0.5, 0.6) is 0 Å². The lowest BCUT2D eigenvalue weighted by molar-refractivity contribution is 0.0510. The second-order valence-electron chi connectivity index (χ2n) is 9.52. The Morgan fingerprint density at radius 2 is 1.93 bits per heavy atom. The van der Waals surface area contributed by atoms with Crippen LogP contribution in [0.1, 0.15) is 44.6 Å². The molecule has 1 aromatic carbocycles. The first-order valence-electron chi connectivity index (χ1n) is 10.5. The van der Waals surface area contributed by atoms with E-state index in [1.165, 1.54) is 12.7 Å². The van der Waals surface area contributed by atoms with Crippen molar-refractivity contribution in [3.63, 3.8) is 0 Å². The average molecular weight is 422 g/mol. The van der Waals surface area contributed by atoms with Crippen LogP contribution in [0.3, 0.4) is 0 Å². The largest absolute Gasteiger partial charge is 0.465 e. The number of ether oxygens (including phenoxy) is 1. The zero-order valence-corrected chi connectivity index (χ0v) is 18.0. The Balaban J connectivity index is 1.25. The molecular formula is C22H31NO5S. The van der Waals surface area contributed by atoms with Crippen LogP contribution < -0.4 is 0 Å². The Morgan fingerprint density at radius 1 is 1.24 bits per heavy atom. The Hall–Kier alpha value is -1.60. The Kier molecular flexibility index (Phi) is 5.40. The summed E-state index contributed by atoms with van der Waals surface area (Å²) >= 11 is 0. The number of benzene rings is 1. The fourth-order valence-electron chi connectivity index (χ4n) is 5.00. The molecule has 29 heavy (non-hydrogen) atoms. The van der Waals surface area contributed by atoms with Crippen LogP contribution in [0, 0.1) is 23.2 Å². The lowest BCUT2D eigenvalue weighted by Gasteiger charge is -2.41. The highest BCUT2D eigenvalue weighted by atomic mass is 32.2. The first kappa shape index (κ1) is 20.7. The summed E-state index contributed by atoms with van der Waals surface area (Å²) in [6.45, 7) is 4.11. The molecule has 0 spiro atoms. The van der Waals surface area contributed by atoms with Gasteiger partial charge in [-0.3, -0.25) is 0 Å². The summed E-state index contributed by atoms with van der Waals surface area (Å²) < 4.78 is 28.9. The fraction of sp³-hybridized carbons (Fsp3) is 0.682. The third kappa shape index (κ3) is 4.61. The molecule has 2 unspecified atom stereocenters. The molecule has 1 N–H and O–H groups in total. The van der Waals surface area contributed by atoms with Gasteiger partial charge >= 0.3 is 6.09 Å². The summed E-state index contributed by atoms with van der Waals surface area (Å²) in [6.07, 6.45) is 5.87. The van der Waals surface area contributed by atoms with Gasteiger partial charge in [0.2, 0.25) is 0 Å². The first-order chi connectivity index (χ1) is 13.7. The van der Waals surface area contributed by atoms with E-state index in [1.807, 2.05) is 12.1 Å². The molecule has 0 radical (unpaired) electrons. The van der Waals surface area contributed by atoms with Gasteiger partial charge < -0.3 is 14.7 Å². The number of rotatable bonds is 7. The number of amides is 1. The standard InChI is InChI=1S/C22H31NO5S/c1-22(8-9-22)20-12-16(7-10-23(20)21(24)25)19-11-17(19)14-28-13-15-3-5-18(6-4-15)29(2,26)27/h3-6,16-17,19-20H,7-14H2,1-2H3,(H,24,25)/t16?,17-,19+,20?/m0/s1. The van der Waals surface area contributed by atoms with E-state index < -0.39 is 15.9 Å². The normalized spacial score (nSPS) is 30.8. The van der Waals surface area contributed by atoms with Gasteiger partial charge in [0.25, 0.3) is 0 Å². The summed E-state index contributed by atoms with van der Waals surface area (Å²) in [5.41, 5.74) is 1.17. The number of piperidine rings is 1. The molecular weight excluding hydrogens is 390 g/mol. The maximum atomic E-state index is 11.6. The first-order valence-corrected chi connectivity index (χ1v) is 12.4. The molecule has 3 fully saturated rings. The molecule has 1 saturated heterocycles. The lowest BCUT2D eigenvalue weighted by atomic mass is 9.80. The summed E-state index contributed by atoms with van der Waals surface area (Å²) in [5, 5.41) is 9.55. The summed E-state index contributed by atoms with van der Waals surface area (Å²) in [7, 11) is -3.16. The van der Waals surface area contributed by atoms with Crippen molar-refractivity contribution in [2.75, 3.05) is 19.4 Å². The molecule has 1 aliphatic heterocycles. The van der Waals surface area contributed by atoms with Crippen molar-refractivity contribution < 1.29 is 23.1 Å². The van der Waals surface area contributed by atoms with Crippen molar-refractivity contribution >= 4 is 15.9 Å². The smallest absolute Gasteiger partial charge is 0.407 e. The Labute approximate surface area is 173 Å². The van der Waals surface area contributed by atoms with Crippen LogP contribution >= 0.6 is 0 Å². The molecule has 4 atom stereocenters. The van der Waals surface area contributed by atoms with Gasteiger partial charge in [0.15, 0.2) is 9.84 Å². The van der Waals surface area contributed by atoms with Crippen molar-refractivity contribution in [2.45, 2.75) is 56.6 Å². The molecule has 4 rings (SSSR count). The number of hydrogen-bond donors (Lipinski definition) is 1. The third-order valence-electron chi connectivity index (χ3n) is 7.27. The maximum absolute atomic E-state index is 11.6. The van der Waals surface area contributed by atoms with E-state index >= 15 is 0 Å². The topological polar surface area (TPSA) is 83.9 Å². The quantitative estimate of drug-likeness (QED) is 0.724. The number of carbonyl (C=O) groups is 1. The number of hydrogen-bond acceptors (Lipinski definition) is 4. The van der Waals surface area contributed by atoms with Crippen molar-refractivity contribution in [3.8, 4) is 0 Å².